The van der Waals surface area contributed by atoms with Crippen molar-refractivity contribution in [2.24, 2.45) is 0 Å². The zero-order chi connectivity index (χ0) is 15.0. The number of halogens is 1. The Morgan fingerprint density at radius 1 is 1.20 bits per heavy atom. The van der Waals surface area contributed by atoms with E-state index in [2.05, 4.69) is 0 Å². The van der Waals surface area contributed by atoms with Gasteiger partial charge in [-0.1, -0.05) is 6.07 Å². The highest BCUT2D eigenvalue weighted by atomic mass is 35.5. The lowest BCUT2D eigenvalue weighted by Gasteiger charge is -2.22. The van der Waals surface area contributed by atoms with Gasteiger partial charge in [0.05, 0.1) is 26.4 Å². The minimum Gasteiger partial charge on any atom is -0.493 e. The SMILES string of the molecule is COCCN(CCCl)C(=O)c1cccc(OC)c1OC. The summed E-state index contributed by atoms with van der Waals surface area (Å²) < 4.78 is 15.5. The molecule has 1 amide bonds. The molecule has 1 aromatic carbocycles. The van der Waals surface area contributed by atoms with E-state index >= 15 is 0 Å². The first-order valence-corrected chi connectivity index (χ1v) is 6.78. The highest BCUT2D eigenvalue weighted by Gasteiger charge is 2.21. The molecule has 0 aliphatic heterocycles. The van der Waals surface area contributed by atoms with Crippen LogP contribution in [0.3, 0.4) is 0 Å². The average molecular weight is 302 g/mol. The average Bonchev–Trinajstić information content (AvgIpc) is 2.49. The fraction of sp³-hybridized carbons (Fsp3) is 0.500. The summed E-state index contributed by atoms with van der Waals surface area (Å²) in [5, 5.41) is 0. The Balaban J connectivity index is 3.04. The molecule has 0 atom stereocenters. The molecule has 0 fully saturated rings. The molecular weight excluding hydrogens is 282 g/mol. The summed E-state index contributed by atoms with van der Waals surface area (Å²) in [7, 11) is 4.64. The topological polar surface area (TPSA) is 48.0 Å². The lowest BCUT2D eigenvalue weighted by Crippen LogP contribution is -2.35. The Labute approximate surface area is 124 Å². The molecule has 0 bridgehead atoms. The van der Waals surface area contributed by atoms with Crippen molar-refractivity contribution in [1.82, 2.24) is 4.90 Å². The number of hydrogen-bond donors (Lipinski definition) is 0. The first kappa shape index (κ1) is 16.6. The zero-order valence-corrected chi connectivity index (χ0v) is 12.8. The zero-order valence-electron chi connectivity index (χ0n) is 12.0. The van der Waals surface area contributed by atoms with Crippen molar-refractivity contribution in [2.45, 2.75) is 0 Å². The van der Waals surface area contributed by atoms with Crippen LogP contribution in [0.5, 0.6) is 11.5 Å². The molecule has 6 heteroatoms. The third-order valence-electron chi connectivity index (χ3n) is 2.84. The monoisotopic (exact) mass is 301 g/mol. The van der Waals surface area contributed by atoms with E-state index in [1.807, 2.05) is 0 Å². The fourth-order valence-corrected chi connectivity index (χ4v) is 2.05. The van der Waals surface area contributed by atoms with E-state index in [-0.39, 0.29) is 5.91 Å². The van der Waals surface area contributed by atoms with Crippen molar-refractivity contribution < 1.29 is 19.0 Å². The maximum Gasteiger partial charge on any atom is 0.257 e. The fourth-order valence-electron chi connectivity index (χ4n) is 1.84. The second-order valence-electron chi connectivity index (χ2n) is 4.02. The predicted molar refractivity (Wildman–Crippen MR) is 78.0 cm³/mol. The van der Waals surface area contributed by atoms with Crippen LogP contribution in [0, 0.1) is 0 Å². The Bertz CT molecular complexity index is 439. The number of amides is 1. The number of carbonyl (C=O) groups is 1. The van der Waals surface area contributed by atoms with Gasteiger partial charge in [0.15, 0.2) is 11.5 Å². The van der Waals surface area contributed by atoms with E-state index in [9.17, 15) is 4.79 Å². The number of rotatable bonds is 8. The van der Waals surface area contributed by atoms with Gasteiger partial charge >= 0.3 is 0 Å². The third-order valence-corrected chi connectivity index (χ3v) is 3.01. The van der Waals surface area contributed by atoms with Crippen molar-refractivity contribution in [2.75, 3.05) is 46.9 Å². The van der Waals surface area contributed by atoms with Gasteiger partial charge in [-0.05, 0) is 12.1 Å². The lowest BCUT2D eigenvalue weighted by molar-refractivity contribution is 0.0704. The molecule has 5 nitrogen and oxygen atoms in total. The van der Waals surface area contributed by atoms with Crippen LogP contribution >= 0.6 is 11.6 Å². The van der Waals surface area contributed by atoms with E-state index in [4.69, 9.17) is 25.8 Å². The van der Waals surface area contributed by atoms with Crippen molar-refractivity contribution >= 4 is 17.5 Å². The Hall–Kier alpha value is -1.46. The summed E-state index contributed by atoms with van der Waals surface area (Å²) in [6.45, 7) is 1.38. The van der Waals surface area contributed by atoms with Gasteiger partial charge in [-0.3, -0.25) is 4.79 Å². The molecule has 0 aliphatic rings. The van der Waals surface area contributed by atoms with Gasteiger partial charge in [-0.15, -0.1) is 11.6 Å². The first-order chi connectivity index (χ1) is 9.69. The molecule has 0 heterocycles. The molecule has 0 aromatic heterocycles. The number of ether oxygens (including phenoxy) is 3. The van der Waals surface area contributed by atoms with Crippen LogP contribution in [0.15, 0.2) is 18.2 Å². The number of carbonyl (C=O) groups excluding carboxylic acids is 1. The number of benzene rings is 1. The lowest BCUT2D eigenvalue weighted by atomic mass is 10.1. The third kappa shape index (κ3) is 4.02. The molecule has 0 unspecified atom stereocenters. The molecule has 0 saturated heterocycles. The number of alkyl halides is 1. The van der Waals surface area contributed by atoms with Crippen molar-refractivity contribution in [3.05, 3.63) is 23.8 Å². The Morgan fingerprint density at radius 3 is 2.50 bits per heavy atom. The molecule has 0 aliphatic carbocycles. The van der Waals surface area contributed by atoms with Crippen LogP contribution in [-0.2, 0) is 4.74 Å². The van der Waals surface area contributed by atoms with Gasteiger partial charge in [0.2, 0.25) is 0 Å². The number of para-hydroxylation sites is 1. The van der Waals surface area contributed by atoms with Crippen LogP contribution in [0.25, 0.3) is 0 Å². The van der Waals surface area contributed by atoms with E-state index in [0.717, 1.165) is 0 Å². The molecule has 1 aromatic rings. The molecule has 0 radical (unpaired) electrons. The first-order valence-electron chi connectivity index (χ1n) is 6.24. The highest BCUT2D eigenvalue weighted by Crippen LogP contribution is 2.31. The van der Waals surface area contributed by atoms with E-state index in [1.165, 1.54) is 14.2 Å². The number of hydrogen-bond acceptors (Lipinski definition) is 4. The van der Waals surface area contributed by atoms with Crippen molar-refractivity contribution in [3.63, 3.8) is 0 Å². The number of methoxy groups -OCH3 is 3. The molecule has 0 N–H and O–H groups in total. The summed E-state index contributed by atoms with van der Waals surface area (Å²) in [4.78, 5) is 14.2. The standard InChI is InChI=1S/C14H20ClNO4/c1-18-10-9-16(8-7-15)14(17)11-5-4-6-12(19-2)13(11)20-3/h4-6H,7-10H2,1-3H3. The van der Waals surface area contributed by atoms with Crippen LogP contribution in [-0.4, -0.2) is 57.7 Å². The van der Waals surface area contributed by atoms with E-state index in [0.29, 0.717) is 42.6 Å². The van der Waals surface area contributed by atoms with Gasteiger partial charge in [-0.25, -0.2) is 0 Å². The maximum absolute atomic E-state index is 12.6. The van der Waals surface area contributed by atoms with Crippen LogP contribution in [0.1, 0.15) is 10.4 Å². The molecule has 0 saturated carbocycles. The largest absolute Gasteiger partial charge is 0.493 e. The summed E-state index contributed by atoms with van der Waals surface area (Å²) in [6, 6.07) is 5.21. The minimum absolute atomic E-state index is 0.154. The van der Waals surface area contributed by atoms with Crippen LogP contribution in [0.2, 0.25) is 0 Å². The van der Waals surface area contributed by atoms with Gasteiger partial charge in [0.25, 0.3) is 5.91 Å². The molecule has 0 spiro atoms. The van der Waals surface area contributed by atoms with Gasteiger partial charge < -0.3 is 19.1 Å². The normalized spacial score (nSPS) is 10.2. The van der Waals surface area contributed by atoms with Crippen LogP contribution < -0.4 is 9.47 Å². The molecule has 1 rings (SSSR count). The van der Waals surface area contributed by atoms with E-state index in [1.54, 1.807) is 30.2 Å². The Kier molecular flexibility index (Phi) is 7.18. The quantitative estimate of drug-likeness (QED) is 0.689. The highest BCUT2D eigenvalue weighted by molar-refractivity contribution is 6.18. The smallest absolute Gasteiger partial charge is 0.257 e. The van der Waals surface area contributed by atoms with Gasteiger partial charge in [-0.2, -0.15) is 0 Å². The molecule has 20 heavy (non-hydrogen) atoms. The molecule has 112 valence electrons. The van der Waals surface area contributed by atoms with E-state index < -0.39 is 0 Å². The summed E-state index contributed by atoms with van der Waals surface area (Å²) >= 11 is 5.75. The summed E-state index contributed by atoms with van der Waals surface area (Å²) in [6.07, 6.45) is 0. The van der Waals surface area contributed by atoms with Crippen molar-refractivity contribution in [1.29, 1.82) is 0 Å². The second-order valence-corrected chi connectivity index (χ2v) is 4.39. The Morgan fingerprint density at radius 2 is 1.95 bits per heavy atom. The van der Waals surface area contributed by atoms with Crippen molar-refractivity contribution in [3.8, 4) is 11.5 Å². The summed E-state index contributed by atoms with van der Waals surface area (Å²) in [5.74, 6) is 1.16. The van der Waals surface area contributed by atoms with Crippen LogP contribution in [0.4, 0.5) is 0 Å². The molecular formula is C14H20ClNO4. The maximum atomic E-state index is 12.6. The number of nitrogens with zero attached hydrogens (tertiary/aromatic N) is 1. The van der Waals surface area contributed by atoms with Gasteiger partial charge in [0.1, 0.15) is 0 Å². The van der Waals surface area contributed by atoms with Gasteiger partial charge in [0, 0.05) is 26.1 Å². The second kappa shape index (κ2) is 8.66. The summed E-state index contributed by atoms with van der Waals surface area (Å²) in [5.41, 5.74) is 0.452. The minimum atomic E-state index is -0.154. The predicted octanol–water partition coefficient (Wildman–Crippen LogP) is 2.03.